The summed E-state index contributed by atoms with van der Waals surface area (Å²) in [5.74, 6) is -0.834. The molecule has 0 aromatic heterocycles. The smallest absolute Gasteiger partial charge is 0.223 e. The summed E-state index contributed by atoms with van der Waals surface area (Å²) in [7, 11) is 0. The van der Waals surface area contributed by atoms with Crippen LogP contribution in [0.1, 0.15) is 158 Å². The monoisotopic (exact) mass is 550 g/mol. The number of ketones is 2. The lowest BCUT2D eigenvalue weighted by Crippen LogP contribution is -2.47. The number of carbonyl (C=O) groups excluding carboxylic acids is 4. The van der Waals surface area contributed by atoms with Gasteiger partial charge in [0, 0.05) is 25.2 Å². The Labute approximate surface area is 240 Å². The van der Waals surface area contributed by atoms with E-state index < -0.39 is 18.0 Å². The van der Waals surface area contributed by atoms with Gasteiger partial charge < -0.3 is 10.6 Å². The van der Waals surface area contributed by atoms with Crippen molar-refractivity contribution in [2.75, 3.05) is 0 Å². The third-order valence-electron chi connectivity index (χ3n) is 7.79. The van der Waals surface area contributed by atoms with E-state index >= 15 is 0 Å². The fraction of sp³-hybridized carbons (Fsp3) is 0.879. The number of unbranched alkanes of at least 4 members (excludes halogenated alkanes) is 12. The fourth-order valence-corrected chi connectivity index (χ4v) is 4.86. The standard InChI is InChI=1S/C33H62N2O4/c1-8-10-11-12-13-14-15-16-17-18-19-20-21-22-31(38)35-32(26(5)9-2)30(37)24-27(6)33(39)34-28(7)29(36)23-25(3)4/h25-28,32H,8-24H2,1-7H3,(H,34,39)(H,35,38)/t26-,27+,28-,32-/m0/s1. The summed E-state index contributed by atoms with van der Waals surface area (Å²) < 4.78 is 0. The molecule has 0 aliphatic carbocycles. The van der Waals surface area contributed by atoms with Crippen LogP contribution in [0.4, 0.5) is 0 Å². The molecule has 0 aromatic carbocycles. The largest absolute Gasteiger partial charge is 0.346 e. The first-order chi connectivity index (χ1) is 18.5. The maximum atomic E-state index is 13.1. The molecule has 0 heterocycles. The van der Waals surface area contributed by atoms with E-state index in [4.69, 9.17) is 0 Å². The van der Waals surface area contributed by atoms with Crippen LogP contribution >= 0.6 is 0 Å². The summed E-state index contributed by atoms with van der Waals surface area (Å²) in [4.78, 5) is 50.5. The van der Waals surface area contributed by atoms with Crippen LogP contribution in [0, 0.1) is 17.8 Å². The first kappa shape index (κ1) is 37.3. The Morgan fingerprint density at radius 2 is 1.08 bits per heavy atom. The van der Waals surface area contributed by atoms with Crippen molar-refractivity contribution in [3.63, 3.8) is 0 Å². The summed E-state index contributed by atoms with van der Waals surface area (Å²) in [6, 6.07) is -1.15. The first-order valence-corrected chi connectivity index (χ1v) is 16.2. The lowest BCUT2D eigenvalue weighted by atomic mass is 9.90. The van der Waals surface area contributed by atoms with Gasteiger partial charge in [-0.25, -0.2) is 0 Å². The van der Waals surface area contributed by atoms with Crippen molar-refractivity contribution >= 4 is 23.4 Å². The molecule has 0 spiro atoms. The Morgan fingerprint density at radius 1 is 0.590 bits per heavy atom. The zero-order chi connectivity index (χ0) is 29.6. The predicted octanol–water partition coefficient (Wildman–Crippen LogP) is 7.71. The molecule has 0 saturated carbocycles. The molecule has 0 unspecified atom stereocenters. The molecule has 4 atom stereocenters. The highest BCUT2D eigenvalue weighted by atomic mass is 16.2. The second-order valence-electron chi connectivity index (χ2n) is 12.3. The molecular weight excluding hydrogens is 488 g/mol. The first-order valence-electron chi connectivity index (χ1n) is 16.2. The van der Waals surface area contributed by atoms with Crippen molar-refractivity contribution in [3.05, 3.63) is 0 Å². The molecule has 0 aliphatic heterocycles. The van der Waals surface area contributed by atoms with Gasteiger partial charge in [-0.05, 0) is 25.2 Å². The van der Waals surface area contributed by atoms with Crippen LogP contribution in [0.25, 0.3) is 0 Å². The SMILES string of the molecule is CCCCCCCCCCCCCCCC(=O)N[C@H](C(=O)C[C@@H](C)C(=O)N[C@@H](C)C(=O)CC(C)C)[C@@H](C)CC. The molecule has 0 aromatic rings. The maximum Gasteiger partial charge on any atom is 0.223 e. The van der Waals surface area contributed by atoms with Gasteiger partial charge in [0.15, 0.2) is 11.6 Å². The van der Waals surface area contributed by atoms with Gasteiger partial charge in [-0.2, -0.15) is 0 Å². The van der Waals surface area contributed by atoms with Crippen LogP contribution in [0.5, 0.6) is 0 Å². The number of hydrogen-bond acceptors (Lipinski definition) is 4. The normalized spacial score (nSPS) is 14.5. The number of amides is 2. The average molecular weight is 551 g/mol. The summed E-state index contributed by atoms with van der Waals surface area (Å²) >= 11 is 0. The fourth-order valence-electron chi connectivity index (χ4n) is 4.86. The molecule has 0 radical (unpaired) electrons. The Morgan fingerprint density at radius 3 is 1.54 bits per heavy atom. The van der Waals surface area contributed by atoms with Crippen molar-refractivity contribution in [2.45, 2.75) is 170 Å². The van der Waals surface area contributed by atoms with Gasteiger partial charge >= 0.3 is 0 Å². The van der Waals surface area contributed by atoms with Crippen LogP contribution < -0.4 is 10.6 Å². The van der Waals surface area contributed by atoms with E-state index in [0.29, 0.717) is 12.8 Å². The third kappa shape index (κ3) is 19.1. The maximum absolute atomic E-state index is 13.1. The second kappa shape index (κ2) is 23.0. The number of carbonyl (C=O) groups is 4. The van der Waals surface area contributed by atoms with Crippen molar-refractivity contribution in [1.82, 2.24) is 10.6 Å². The molecular formula is C33H62N2O4. The van der Waals surface area contributed by atoms with E-state index in [1.54, 1.807) is 13.8 Å². The molecule has 2 N–H and O–H groups in total. The van der Waals surface area contributed by atoms with Gasteiger partial charge in [0.1, 0.15) is 0 Å². The third-order valence-corrected chi connectivity index (χ3v) is 7.79. The molecule has 6 heteroatoms. The van der Waals surface area contributed by atoms with Crippen LogP contribution in [-0.2, 0) is 19.2 Å². The van der Waals surface area contributed by atoms with Gasteiger partial charge in [-0.15, -0.1) is 0 Å². The molecule has 0 bridgehead atoms. The predicted molar refractivity (Wildman–Crippen MR) is 163 cm³/mol. The van der Waals surface area contributed by atoms with E-state index in [9.17, 15) is 19.2 Å². The molecule has 0 rings (SSSR count). The highest BCUT2D eigenvalue weighted by molar-refractivity contribution is 5.94. The van der Waals surface area contributed by atoms with Crippen molar-refractivity contribution in [3.8, 4) is 0 Å². The Hall–Kier alpha value is -1.72. The van der Waals surface area contributed by atoms with Crippen molar-refractivity contribution < 1.29 is 19.2 Å². The molecule has 0 aliphatic rings. The lowest BCUT2D eigenvalue weighted by molar-refractivity contribution is -0.133. The minimum atomic E-state index is -0.584. The highest BCUT2D eigenvalue weighted by Crippen LogP contribution is 2.16. The van der Waals surface area contributed by atoms with Crippen molar-refractivity contribution in [2.24, 2.45) is 17.8 Å². The molecule has 228 valence electrons. The van der Waals surface area contributed by atoms with Crippen molar-refractivity contribution in [1.29, 1.82) is 0 Å². The highest BCUT2D eigenvalue weighted by Gasteiger charge is 2.29. The van der Waals surface area contributed by atoms with Gasteiger partial charge in [-0.1, -0.05) is 125 Å². The molecule has 0 saturated heterocycles. The number of nitrogens with one attached hydrogen (secondary N) is 2. The van der Waals surface area contributed by atoms with E-state index in [0.717, 1.165) is 25.7 Å². The topological polar surface area (TPSA) is 92.3 Å². The molecule has 2 amide bonds. The summed E-state index contributed by atoms with van der Waals surface area (Å²) in [6.45, 7) is 13.6. The van der Waals surface area contributed by atoms with Gasteiger partial charge in [-0.3, -0.25) is 19.2 Å². The van der Waals surface area contributed by atoms with Gasteiger partial charge in [0.2, 0.25) is 11.8 Å². The Kier molecular flexibility index (Phi) is 22.0. The number of hydrogen-bond donors (Lipinski definition) is 2. The number of Topliss-reactive ketones (excluding diaryl/α,β-unsaturated/α-hetero) is 2. The lowest BCUT2D eigenvalue weighted by Gasteiger charge is -2.25. The summed E-state index contributed by atoms with van der Waals surface area (Å²) in [6.07, 6.45) is 18.0. The van der Waals surface area contributed by atoms with E-state index in [-0.39, 0.29) is 41.6 Å². The van der Waals surface area contributed by atoms with Crippen LogP contribution in [-0.4, -0.2) is 35.5 Å². The number of rotatable bonds is 25. The molecule has 39 heavy (non-hydrogen) atoms. The zero-order valence-electron chi connectivity index (χ0n) is 26.5. The van der Waals surface area contributed by atoms with Crippen LogP contribution in [0.3, 0.4) is 0 Å². The Balaban J connectivity index is 4.33. The zero-order valence-corrected chi connectivity index (χ0v) is 26.5. The minimum Gasteiger partial charge on any atom is -0.346 e. The molecule has 0 fully saturated rings. The summed E-state index contributed by atoms with van der Waals surface area (Å²) in [5, 5.41) is 5.71. The van der Waals surface area contributed by atoms with Crippen LogP contribution in [0.15, 0.2) is 0 Å². The van der Waals surface area contributed by atoms with Crippen LogP contribution in [0.2, 0.25) is 0 Å². The minimum absolute atomic E-state index is 0.00472. The van der Waals surface area contributed by atoms with Gasteiger partial charge in [0.05, 0.1) is 12.1 Å². The van der Waals surface area contributed by atoms with E-state index in [2.05, 4.69) is 17.6 Å². The quantitative estimate of drug-likeness (QED) is 0.114. The van der Waals surface area contributed by atoms with Gasteiger partial charge in [0.25, 0.3) is 0 Å². The average Bonchev–Trinajstić information content (AvgIpc) is 2.88. The second-order valence-corrected chi connectivity index (χ2v) is 12.3. The van der Waals surface area contributed by atoms with E-state index in [1.165, 1.54) is 64.2 Å². The Bertz CT molecular complexity index is 691. The summed E-state index contributed by atoms with van der Waals surface area (Å²) in [5.41, 5.74) is 0. The molecule has 6 nitrogen and oxygen atoms in total. The van der Waals surface area contributed by atoms with E-state index in [1.807, 2.05) is 27.7 Å².